The molecule has 0 unspecified atom stereocenters. The van der Waals surface area contributed by atoms with Crippen LogP contribution in [0.15, 0.2) is 12.1 Å². The largest absolute Gasteiger partial charge is 0.429 e. The smallest absolute Gasteiger partial charge is 0.0707 e. The Morgan fingerprint density at radius 1 is 1.33 bits per heavy atom. The van der Waals surface area contributed by atoms with E-state index in [0.717, 1.165) is 12.2 Å². The van der Waals surface area contributed by atoms with Crippen LogP contribution in [0.4, 0.5) is 4.39 Å². The van der Waals surface area contributed by atoms with Gasteiger partial charge in [0.2, 0.25) is 0 Å². The van der Waals surface area contributed by atoms with Crippen molar-refractivity contribution in [3.63, 3.8) is 0 Å². The number of rotatable bonds is 1. The monoisotopic (exact) mass is 242 g/mol. The third-order valence-corrected chi connectivity index (χ3v) is 1.80. The summed E-state index contributed by atoms with van der Waals surface area (Å²) in [6, 6.07) is 3.04. The molecule has 1 N–H and O–H groups in total. The van der Waals surface area contributed by atoms with E-state index in [1.165, 1.54) is 6.07 Å². The Hall–Kier alpha value is 0.0839. The number of aliphatic hydroxyl groups is 1. The van der Waals surface area contributed by atoms with Gasteiger partial charge in [-0.3, -0.25) is 0 Å². The van der Waals surface area contributed by atoms with Crippen LogP contribution in [-0.4, -0.2) is 5.11 Å². The molecule has 0 saturated heterocycles. The van der Waals surface area contributed by atoms with Crippen LogP contribution in [0, 0.1) is 26.3 Å². The molecule has 0 aliphatic carbocycles. The normalized spacial score (nSPS) is 9.00. The zero-order valence-electron chi connectivity index (χ0n) is 7.13. The van der Waals surface area contributed by atoms with Gasteiger partial charge in [-0.15, -0.1) is 17.2 Å². The van der Waals surface area contributed by atoms with Gasteiger partial charge in [-0.1, -0.05) is 26.5 Å². The molecule has 1 aromatic rings. The fourth-order valence-electron chi connectivity index (χ4n) is 1.04. The molecular formula is C9H10FOY-. The maximum absolute atomic E-state index is 12.8. The first-order valence-corrected chi connectivity index (χ1v) is 3.40. The topological polar surface area (TPSA) is 20.2 Å². The summed E-state index contributed by atoms with van der Waals surface area (Å²) >= 11 is 0. The third-order valence-electron chi connectivity index (χ3n) is 1.80. The number of benzene rings is 1. The number of hydrogen-bond acceptors (Lipinski definition) is 1. The Balaban J connectivity index is 0.00000121. The summed E-state index contributed by atoms with van der Waals surface area (Å²) in [6.07, 6.45) is 0. The van der Waals surface area contributed by atoms with E-state index in [2.05, 4.69) is 0 Å². The molecule has 0 atom stereocenters. The van der Waals surface area contributed by atoms with Gasteiger partial charge >= 0.3 is 0 Å². The van der Waals surface area contributed by atoms with Crippen LogP contribution in [0.2, 0.25) is 0 Å². The van der Waals surface area contributed by atoms with Crippen LogP contribution in [0.1, 0.15) is 16.7 Å². The van der Waals surface area contributed by atoms with E-state index in [9.17, 15) is 4.39 Å². The molecule has 0 aromatic heterocycles. The predicted octanol–water partition coefficient (Wildman–Crippen LogP) is 2.32. The molecule has 0 saturated carbocycles. The summed E-state index contributed by atoms with van der Waals surface area (Å²) in [5.74, 6) is -0.282. The zero-order valence-corrected chi connectivity index (χ0v) is 9.97. The average molecular weight is 242 g/mol. The van der Waals surface area contributed by atoms with Gasteiger partial charge in [-0.25, -0.2) is 4.39 Å². The summed E-state index contributed by atoms with van der Waals surface area (Å²) in [5.41, 5.74) is 1.95. The van der Waals surface area contributed by atoms with Gasteiger partial charge in [0, 0.05) is 32.7 Å². The molecule has 0 bridgehead atoms. The minimum absolute atomic E-state index is 0. The predicted molar refractivity (Wildman–Crippen MR) is 41.2 cm³/mol. The Labute approximate surface area is 96.9 Å². The van der Waals surface area contributed by atoms with E-state index in [1.807, 2.05) is 6.92 Å². The van der Waals surface area contributed by atoms with E-state index in [4.69, 9.17) is 5.11 Å². The standard InChI is InChI=1S/C9H10FO.Y/c1-6-3-4-9(10)7(2)8(6)5-11;/h3-5,11H,1-2H3;/q-1;. The number of aliphatic hydroxyl groups excluding tert-OH is 1. The van der Waals surface area contributed by atoms with Crippen LogP contribution in [0.3, 0.4) is 0 Å². The molecule has 63 valence electrons. The molecular weight excluding hydrogens is 232 g/mol. The fraction of sp³-hybridized carbons (Fsp3) is 0.222. The van der Waals surface area contributed by atoms with Crippen molar-refractivity contribution in [2.24, 2.45) is 0 Å². The molecule has 3 heteroatoms. The number of aryl methyl sites for hydroxylation is 1. The Morgan fingerprint density at radius 3 is 2.33 bits per heavy atom. The zero-order chi connectivity index (χ0) is 8.43. The molecule has 0 heterocycles. The van der Waals surface area contributed by atoms with Gasteiger partial charge in [0.05, 0.1) is 5.82 Å². The SMILES string of the molecule is Cc1ccc(F)c(C)c1[CH-]O.[Y]. The van der Waals surface area contributed by atoms with Crippen LogP contribution in [0.5, 0.6) is 0 Å². The van der Waals surface area contributed by atoms with Crippen molar-refractivity contribution in [1.82, 2.24) is 0 Å². The molecule has 0 aliphatic heterocycles. The second-order valence-corrected chi connectivity index (χ2v) is 2.53. The second-order valence-electron chi connectivity index (χ2n) is 2.53. The molecule has 1 aromatic carbocycles. The van der Waals surface area contributed by atoms with Crippen molar-refractivity contribution in [2.45, 2.75) is 13.8 Å². The first-order chi connectivity index (χ1) is 5.16. The van der Waals surface area contributed by atoms with E-state index in [-0.39, 0.29) is 38.5 Å². The Kier molecular flexibility index (Phi) is 4.99. The summed E-state index contributed by atoms with van der Waals surface area (Å²) < 4.78 is 12.8. The molecule has 1 radical (unpaired) electrons. The number of halogens is 1. The minimum atomic E-state index is -0.282. The van der Waals surface area contributed by atoms with E-state index < -0.39 is 0 Å². The van der Waals surface area contributed by atoms with Crippen LogP contribution in [-0.2, 0) is 32.7 Å². The molecule has 0 fully saturated rings. The van der Waals surface area contributed by atoms with Gasteiger partial charge < -0.3 is 5.11 Å². The summed E-state index contributed by atoms with van der Waals surface area (Å²) in [5, 5.41) is 8.73. The Morgan fingerprint density at radius 2 is 1.92 bits per heavy atom. The van der Waals surface area contributed by atoms with Crippen molar-refractivity contribution in [1.29, 1.82) is 0 Å². The fourth-order valence-corrected chi connectivity index (χ4v) is 1.04. The van der Waals surface area contributed by atoms with Crippen molar-refractivity contribution < 1.29 is 42.2 Å². The number of hydrogen-bond donors (Lipinski definition) is 1. The minimum Gasteiger partial charge on any atom is -0.429 e. The van der Waals surface area contributed by atoms with Gasteiger partial charge in [-0.2, -0.15) is 5.56 Å². The summed E-state index contributed by atoms with van der Waals surface area (Å²) in [7, 11) is 0. The first-order valence-electron chi connectivity index (χ1n) is 3.40. The van der Waals surface area contributed by atoms with Crippen LogP contribution >= 0.6 is 0 Å². The van der Waals surface area contributed by atoms with Crippen LogP contribution in [0.25, 0.3) is 0 Å². The maximum atomic E-state index is 12.8. The molecule has 0 amide bonds. The second kappa shape index (κ2) is 4.95. The van der Waals surface area contributed by atoms with Crippen molar-refractivity contribution >= 4 is 0 Å². The van der Waals surface area contributed by atoms with Gasteiger partial charge in [0.1, 0.15) is 0 Å². The molecule has 12 heavy (non-hydrogen) atoms. The van der Waals surface area contributed by atoms with Gasteiger partial charge in [-0.05, 0) is 0 Å². The van der Waals surface area contributed by atoms with E-state index in [1.54, 1.807) is 13.0 Å². The van der Waals surface area contributed by atoms with Crippen molar-refractivity contribution in [2.75, 3.05) is 0 Å². The molecule has 1 rings (SSSR count). The van der Waals surface area contributed by atoms with Gasteiger partial charge in [0.15, 0.2) is 0 Å². The third kappa shape index (κ3) is 2.28. The summed E-state index contributed by atoms with van der Waals surface area (Å²) in [4.78, 5) is 0. The summed E-state index contributed by atoms with van der Waals surface area (Å²) in [6.45, 7) is 4.41. The quantitative estimate of drug-likeness (QED) is 0.749. The molecule has 1 nitrogen and oxygen atoms in total. The van der Waals surface area contributed by atoms with Crippen molar-refractivity contribution in [3.8, 4) is 0 Å². The molecule has 0 spiro atoms. The Bertz CT molecular complexity index is 273. The first kappa shape index (κ1) is 12.1. The van der Waals surface area contributed by atoms with E-state index >= 15 is 0 Å². The van der Waals surface area contributed by atoms with Gasteiger partial charge in [0.25, 0.3) is 0 Å². The van der Waals surface area contributed by atoms with E-state index in [0.29, 0.717) is 11.1 Å². The maximum Gasteiger partial charge on any atom is 0.0707 e. The van der Waals surface area contributed by atoms with Crippen molar-refractivity contribution in [3.05, 3.63) is 41.2 Å². The molecule has 0 aliphatic rings. The average Bonchev–Trinajstić information content (AvgIpc) is 1.99. The van der Waals surface area contributed by atoms with Crippen LogP contribution < -0.4 is 0 Å².